The molecule has 0 amide bonds. The van der Waals surface area contributed by atoms with Crippen LogP contribution in [0.3, 0.4) is 0 Å². The van der Waals surface area contributed by atoms with Gasteiger partial charge in [-0.3, -0.25) is 0 Å². The van der Waals surface area contributed by atoms with Crippen molar-refractivity contribution in [3.05, 3.63) is 70.5 Å². The lowest BCUT2D eigenvalue weighted by Crippen LogP contribution is -2.14. The lowest BCUT2D eigenvalue weighted by molar-refractivity contribution is 0.599. The quantitative estimate of drug-likeness (QED) is 0.877. The molecule has 2 N–H and O–H groups in total. The second-order valence-electron chi connectivity index (χ2n) is 5.84. The second kappa shape index (κ2) is 6.19. The molecule has 0 aliphatic rings. The van der Waals surface area contributed by atoms with Gasteiger partial charge in [-0.05, 0) is 36.5 Å². The van der Waals surface area contributed by atoms with Gasteiger partial charge >= 0.3 is 0 Å². The summed E-state index contributed by atoms with van der Waals surface area (Å²) in [5.74, 6) is 0.387. The molecule has 0 fully saturated rings. The van der Waals surface area contributed by atoms with Crippen molar-refractivity contribution in [2.24, 2.45) is 11.7 Å². The lowest BCUT2D eigenvalue weighted by atomic mass is 9.95. The summed E-state index contributed by atoms with van der Waals surface area (Å²) in [5, 5.41) is 0. The molecule has 2 heteroatoms. The Morgan fingerprint density at radius 2 is 1.70 bits per heavy atom. The van der Waals surface area contributed by atoms with E-state index in [-0.39, 0.29) is 5.82 Å². The number of hydrogen-bond acceptors (Lipinski definition) is 1. The molecule has 0 saturated carbocycles. The summed E-state index contributed by atoms with van der Waals surface area (Å²) < 4.78 is 13.9. The van der Waals surface area contributed by atoms with Crippen molar-refractivity contribution in [2.45, 2.75) is 33.2 Å². The first-order valence-corrected chi connectivity index (χ1v) is 7.08. The average molecular weight is 271 g/mol. The van der Waals surface area contributed by atoms with Crippen LogP contribution in [0.5, 0.6) is 0 Å². The van der Waals surface area contributed by atoms with Crippen LogP contribution in [-0.2, 0) is 6.42 Å². The molecule has 0 radical (unpaired) electrons. The minimum Gasteiger partial charge on any atom is -0.320 e. The van der Waals surface area contributed by atoms with Gasteiger partial charge in [-0.2, -0.15) is 0 Å². The summed E-state index contributed by atoms with van der Waals surface area (Å²) in [5.41, 5.74) is 10.0. The van der Waals surface area contributed by atoms with E-state index in [1.54, 1.807) is 6.07 Å². The predicted octanol–water partition coefficient (Wildman–Crippen LogP) is 4.38. The molecule has 0 aliphatic carbocycles. The van der Waals surface area contributed by atoms with E-state index in [4.69, 9.17) is 5.73 Å². The normalized spacial score (nSPS) is 12.7. The van der Waals surface area contributed by atoms with Gasteiger partial charge in [0.1, 0.15) is 5.82 Å². The van der Waals surface area contributed by atoms with Gasteiger partial charge in [0.25, 0.3) is 0 Å². The van der Waals surface area contributed by atoms with E-state index in [9.17, 15) is 4.39 Å². The third-order valence-corrected chi connectivity index (χ3v) is 3.47. The van der Waals surface area contributed by atoms with Crippen LogP contribution in [0.15, 0.2) is 42.5 Å². The van der Waals surface area contributed by atoms with Crippen molar-refractivity contribution >= 4 is 0 Å². The van der Waals surface area contributed by atoms with Crippen molar-refractivity contribution < 1.29 is 4.39 Å². The summed E-state index contributed by atoms with van der Waals surface area (Å²) >= 11 is 0. The Balaban J connectivity index is 2.24. The van der Waals surface area contributed by atoms with Gasteiger partial charge in [0.15, 0.2) is 0 Å². The van der Waals surface area contributed by atoms with E-state index in [2.05, 4.69) is 26.0 Å². The predicted molar refractivity (Wildman–Crippen MR) is 82.2 cm³/mol. The summed E-state index contributed by atoms with van der Waals surface area (Å²) in [7, 11) is 0. The smallest absolute Gasteiger partial charge is 0.128 e. The van der Waals surface area contributed by atoms with Gasteiger partial charge in [-0.15, -0.1) is 0 Å². The first-order valence-electron chi connectivity index (χ1n) is 7.08. The Labute approximate surface area is 120 Å². The van der Waals surface area contributed by atoms with Crippen molar-refractivity contribution in [1.29, 1.82) is 0 Å². The van der Waals surface area contributed by atoms with Gasteiger partial charge in [0.05, 0.1) is 6.04 Å². The van der Waals surface area contributed by atoms with E-state index in [0.29, 0.717) is 11.5 Å². The van der Waals surface area contributed by atoms with Crippen LogP contribution in [0.25, 0.3) is 0 Å². The van der Waals surface area contributed by atoms with Crippen LogP contribution >= 0.6 is 0 Å². The molecule has 1 nitrogen and oxygen atoms in total. The fraction of sp³-hybridized carbons (Fsp3) is 0.333. The molecule has 1 unspecified atom stereocenters. The Morgan fingerprint density at radius 3 is 2.30 bits per heavy atom. The molecule has 0 heterocycles. The highest BCUT2D eigenvalue weighted by Crippen LogP contribution is 2.24. The number of hydrogen-bond donors (Lipinski definition) is 1. The van der Waals surface area contributed by atoms with Gasteiger partial charge in [0.2, 0.25) is 0 Å². The number of nitrogens with two attached hydrogens (primary N) is 1. The van der Waals surface area contributed by atoms with Crippen LogP contribution in [0.2, 0.25) is 0 Å². The van der Waals surface area contributed by atoms with Crippen LogP contribution in [0.1, 0.15) is 42.1 Å². The molecule has 2 aromatic carbocycles. The molecule has 0 aliphatic heterocycles. The zero-order chi connectivity index (χ0) is 14.7. The van der Waals surface area contributed by atoms with Gasteiger partial charge in [0, 0.05) is 5.56 Å². The SMILES string of the molecule is Cc1ccc(F)c(C(N)c2ccc(CC(C)C)cc2)c1. The van der Waals surface area contributed by atoms with Crippen LogP contribution in [0.4, 0.5) is 4.39 Å². The van der Waals surface area contributed by atoms with Crippen molar-refractivity contribution in [2.75, 3.05) is 0 Å². The molecule has 0 bridgehead atoms. The fourth-order valence-corrected chi connectivity index (χ4v) is 2.41. The molecule has 0 aromatic heterocycles. The molecule has 1 atom stereocenters. The lowest BCUT2D eigenvalue weighted by Gasteiger charge is -2.15. The standard InChI is InChI=1S/C18H22FN/c1-12(2)10-14-5-7-15(8-6-14)18(20)16-11-13(3)4-9-17(16)19/h4-9,11-12,18H,10,20H2,1-3H3. The second-order valence-corrected chi connectivity index (χ2v) is 5.84. The Hall–Kier alpha value is -1.67. The largest absolute Gasteiger partial charge is 0.320 e. The Morgan fingerprint density at radius 1 is 1.05 bits per heavy atom. The van der Waals surface area contributed by atoms with Crippen LogP contribution in [-0.4, -0.2) is 0 Å². The average Bonchev–Trinajstić information content (AvgIpc) is 2.41. The summed E-state index contributed by atoms with van der Waals surface area (Å²) in [6.45, 7) is 6.34. The minimum absolute atomic E-state index is 0.241. The van der Waals surface area contributed by atoms with E-state index < -0.39 is 6.04 Å². The molecular weight excluding hydrogens is 249 g/mol. The van der Waals surface area contributed by atoms with E-state index >= 15 is 0 Å². The highest BCUT2D eigenvalue weighted by atomic mass is 19.1. The molecule has 2 aromatic rings. The zero-order valence-corrected chi connectivity index (χ0v) is 12.4. The maximum Gasteiger partial charge on any atom is 0.128 e. The zero-order valence-electron chi connectivity index (χ0n) is 12.4. The summed E-state index contributed by atoms with van der Waals surface area (Å²) in [6.07, 6.45) is 1.05. The first-order chi connectivity index (χ1) is 9.47. The molecule has 0 spiro atoms. The van der Waals surface area contributed by atoms with Crippen LogP contribution in [0, 0.1) is 18.7 Å². The number of aryl methyl sites for hydroxylation is 1. The Bertz CT molecular complexity index is 572. The van der Waals surface area contributed by atoms with Gasteiger partial charge in [-0.1, -0.05) is 55.8 Å². The Kier molecular flexibility index (Phi) is 4.56. The van der Waals surface area contributed by atoms with Crippen molar-refractivity contribution in [3.8, 4) is 0 Å². The molecule has 106 valence electrons. The third kappa shape index (κ3) is 3.45. The molecule has 20 heavy (non-hydrogen) atoms. The van der Waals surface area contributed by atoms with Gasteiger partial charge in [-0.25, -0.2) is 4.39 Å². The van der Waals surface area contributed by atoms with E-state index in [1.807, 2.05) is 25.1 Å². The topological polar surface area (TPSA) is 26.0 Å². The highest BCUT2D eigenvalue weighted by Gasteiger charge is 2.13. The number of rotatable bonds is 4. The van der Waals surface area contributed by atoms with E-state index in [0.717, 1.165) is 17.5 Å². The van der Waals surface area contributed by atoms with Crippen molar-refractivity contribution in [3.63, 3.8) is 0 Å². The third-order valence-electron chi connectivity index (χ3n) is 3.47. The van der Waals surface area contributed by atoms with Crippen molar-refractivity contribution in [1.82, 2.24) is 0 Å². The minimum atomic E-state index is -0.414. The number of halogens is 1. The molecular formula is C18H22FN. The number of benzene rings is 2. The summed E-state index contributed by atoms with van der Waals surface area (Å²) in [4.78, 5) is 0. The van der Waals surface area contributed by atoms with Crippen LogP contribution < -0.4 is 5.73 Å². The first kappa shape index (κ1) is 14.7. The maximum atomic E-state index is 13.9. The van der Waals surface area contributed by atoms with E-state index in [1.165, 1.54) is 11.6 Å². The summed E-state index contributed by atoms with van der Waals surface area (Å²) in [6, 6.07) is 12.8. The molecule has 2 rings (SSSR count). The molecule has 0 saturated heterocycles. The monoisotopic (exact) mass is 271 g/mol. The maximum absolute atomic E-state index is 13.9. The van der Waals surface area contributed by atoms with Gasteiger partial charge < -0.3 is 5.73 Å². The highest BCUT2D eigenvalue weighted by molar-refractivity contribution is 5.35. The fourth-order valence-electron chi connectivity index (χ4n) is 2.41.